The Kier molecular flexibility index (Phi) is 2.56. The van der Waals surface area contributed by atoms with E-state index in [1.807, 2.05) is 13.8 Å². The van der Waals surface area contributed by atoms with Crippen LogP contribution in [0.15, 0.2) is 0 Å². The van der Waals surface area contributed by atoms with Crippen molar-refractivity contribution in [2.75, 3.05) is 6.61 Å². The van der Waals surface area contributed by atoms with Crippen LogP contribution in [0.5, 0.6) is 0 Å². The first kappa shape index (κ1) is 10.7. The lowest BCUT2D eigenvalue weighted by atomic mass is 10.2. The van der Waals surface area contributed by atoms with Crippen molar-refractivity contribution in [1.29, 1.82) is 0 Å². The summed E-state index contributed by atoms with van der Waals surface area (Å²) < 4.78 is 10.4. The Hall–Kier alpha value is -0.353. The van der Waals surface area contributed by atoms with Gasteiger partial charge < -0.3 is 9.47 Å². The van der Waals surface area contributed by atoms with Crippen molar-refractivity contribution in [3.63, 3.8) is 0 Å². The molecule has 4 heteroatoms. The van der Waals surface area contributed by atoms with Gasteiger partial charge in [-0.2, -0.15) is 0 Å². The van der Waals surface area contributed by atoms with Crippen LogP contribution in [0, 0.1) is 0 Å². The van der Waals surface area contributed by atoms with Gasteiger partial charge in [-0.3, -0.25) is 0 Å². The van der Waals surface area contributed by atoms with Gasteiger partial charge in [0.2, 0.25) is 0 Å². The summed E-state index contributed by atoms with van der Waals surface area (Å²) >= 11 is 0. The van der Waals surface area contributed by atoms with Crippen LogP contribution in [0.2, 0.25) is 19.6 Å². The molecule has 0 aliphatic carbocycles. The Morgan fingerprint density at radius 2 is 2.08 bits per heavy atom. The van der Waals surface area contributed by atoms with Gasteiger partial charge in [0.05, 0.1) is 20.4 Å². The highest BCUT2D eigenvalue weighted by Crippen LogP contribution is 2.42. The quantitative estimate of drug-likeness (QED) is 0.396. The molecular weight excluding hydrogens is 184 g/mol. The van der Waals surface area contributed by atoms with Gasteiger partial charge in [0.1, 0.15) is 0 Å². The van der Waals surface area contributed by atoms with E-state index in [1.165, 1.54) is 0 Å². The molecule has 0 saturated carbocycles. The van der Waals surface area contributed by atoms with Gasteiger partial charge in [0, 0.05) is 0 Å². The highest BCUT2D eigenvalue weighted by Gasteiger charge is 2.64. The van der Waals surface area contributed by atoms with Crippen LogP contribution in [0.25, 0.3) is 0 Å². The fourth-order valence-corrected chi connectivity index (χ4v) is 4.01. The van der Waals surface area contributed by atoms with E-state index < -0.39 is 13.7 Å². The number of hydrogen-bond donors (Lipinski definition) is 0. The van der Waals surface area contributed by atoms with Crippen LogP contribution in [0.4, 0.5) is 0 Å². The molecule has 1 aliphatic rings. The number of rotatable bonds is 3. The molecule has 0 radical (unpaired) electrons. The summed E-state index contributed by atoms with van der Waals surface area (Å²) in [5, 5.41) is 0. The van der Waals surface area contributed by atoms with Gasteiger partial charge in [-0.15, -0.1) is 0 Å². The lowest BCUT2D eigenvalue weighted by Crippen LogP contribution is -2.38. The minimum Gasteiger partial charge on any atom is -0.464 e. The van der Waals surface area contributed by atoms with Crippen LogP contribution < -0.4 is 0 Å². The maximum atomic E-state index is 11.5. The third-order valence-electron chi connectivity index (χ3n) is 2.27. The fraction of sp³-hybridized carbons (Fsp3) is 0.889. The van der Waals surface area contributed by atoms with Crippen molar-refractivity contribution in [3.8, 4) is 0 Å². The predicted octanol–water partition coefficient (Wildman–Crippen LogP) is 1.58. The molecule has 1 heterocycles. The van der Waals surface area contributed by atoms with Crippen LogP contribution in [0.1, 0.15) is 13.8 Å². The van der Waals surface area contributed by atoms with E-state index in [0.717, 1.165) is 0 Å². The summed E-state index contributed by atoms with van der Waals surface area (Å²) in [6.07, 6.45) is 0. The van der Waals surface area contributed by atoms with Crippen molar-refractivity contribution in [1.82, 2.24) is 0 Å². The van der Waals surface area contributed by atoms with E-state index in [-0.39, 0.29) is 11.7 Å². The topological polar surface area (TPSA) is 38.8 Å². The summed E-state index contributed by atoms with van der Waals surface area (Å²) in [6, 6.07) is 0. The molecule has 1 aliphatic heterocycles. The molecule has 0 spiro atoms. The number of esters is 1. The summed E-state index contributed by atoms with van der Waals surface area (Å²) in [6.45, 7) is 10.7. The fourth-order valence-electron chi connectivity index (χ4n) is 1.64. The Balaban J connectivity index is 2.59. The Bertz CT molecular complexity index is 221. The molecule has 76 valence electrons. The standard InChI is InChI=1S/C9H18O3Si/c1-6-11-7(10)9(2)8(12-9)13(3,4)5/h8H,6H2,1-5H3/t8-,9+/m0/s1. The highest BCUT2D eigenvalue weighted by atomic mass is 28.3. The first-order valence-electron chi connectivity index (χ1n) is 4.67. The molecule has 2 atom stereocenters. The SMILES string of the molecule is CCOC(=O)[C@@]1(C)O[C@H]1[Si](C)(C)C. The van der Waals surface area contributed by atoms with Crippen LogP contribution in [-0.2, 0) is 14.3 Å². The molecule has 1 fully saturated rings. The van der Waals surface area contributed by atoms with Gasteiger partial charge in [-0.25, -0.2) is 4.79 Å². The number of epoxide rings is 1. The second-order valence-electron chi connectivity index (χ2n) is 4.69. The molecule has 0 amide bonds. The third kappa shape index (κ3) is 1.94. The van der Waals surface area contributed by atoms with Gasteiger partial charge >= 0.3 is 5.97 Å². The van der Waals surface area contributed by atoms with Crippen molar-refractivity contribution in [2.45, 2.75) is 44.8 Å². The predicted molar refractivity (Wildman–Crippen MR) is 53.3 cm³/mol. The molecule has 0 N–H and O–H groups in total. The van der Waals surface area contributed by atoms with Gasteiger partial charge in [-0.05, 0) is 13.8 Å². The summed E-state index contributed by atoms with van der Waals surface area (Å²) in [5.74, 6) is -0.206. The molecule has 0 bridgehead atoms. The first-order valence-corrected chi connectivity index (χ1v) is 8.25. The third-order valence-corrected chi connectivity index (χ3v) is 4.51. The van der Waals surface area contributed by atoms with Crippen molar-refractivity contribution in [2.24, 2.45) is 0 Å². The van der Waals surface area contributed by atoms with E-state index in [4.69, 9.17) is 9.47 Å². The zero-order chi connectivity index (χ0) is 10.3. The van der Waals surface area contributed by atoms with Crippen molar-refractivity contribution >= 4 is 14.0 Å². The summed E-state index contributed by atoms with van der Waals surface area (Å²) in [7, 11) is -1.37. The second-order valence-corrected chi connectivity index (χ2v) is 9.95. The molecular formula is C9H18O3Si. The minimum atomic E-state index is -1.37. The Labute approximate surface area is 80.4 Å². The zero-order valence-corrected chi connectivity index (χ0v) is 10.0. The largest absolute Gasteiger partial charge is 0.464 e. The smallest absolute Gasteiger partial charge is 0.340 e. The van der Waals surface area contributed by atoms with Crippen molar-refractivity contribution in [3.05, 3.63) is 0 Å². The highest BCUT2D eigenvalue weighted by molar-refractivity contribution is 6.78. The van der Waals surface area contributed by atoms with E-state index in [2.05, 4.69) is 19.6 Å². The normalized spacial score (nSPS) is 32.8. The summed E-state index contributed by atoms with van der Waals surface area (Å²) in [5.41, 5.74) is -0.514. The monoisotopic (exact) mass is 202 g/mol. The van der Waals surface area contributed by atoms with Crippen LogP contribution >= 0.6 is 0 Å². The lowest BCUT2D eigenvalue weighted by Gasteiger charge is -2.14. The molecule has 3 nitrogen and oxygen atoms in total. The van der Waals surface area contributed by atoms with Gasteiger partial charge in [-0.1, -0.05) is 19.6 Å². The number of ether oxygens (including phenoxy) is 2. The van der Waals surface area contributed by atoms with E-state index in [9.17, 15) is 4.79 Å². The molecule has 0 aromatic carbocycles. The average Bonchev–Trinajstić information content (AvgIpc) is 2.63. The van der Waals surface area contributed by atoms with Crippen molar-refractivity contribution < 1.29 is 14.3 Å². The molecule has 13 heavy (non-hydrogen) atoms. The van der Waals surface area contributed by atoms with Crippen LogP contribution in [0.3, 0.4) is 0 Å². The molecule has 0 unspecified atom stereocenters. The first-order chi connectivity index (χ1) is 5.82. The second kappa shape index (κ2) is 3.10. The van der Waals surface area contributed by atoms with E-state index in [1.54, 1.807) is 0 Å². The Morgan fingerprint density at radius 3 is 2.38 bits per heavy atom. The lowest BCUT2D eigenvalue weighted by molar-refractivity contribution is -0.148. The van der Waals surface area contributed by atoms with E-state index in [0.29, 0.717) is 6.61 Å². The van der Waals surface area contributed by atoms with E-state index >= 15 is 0 Å². The maximum Gasteiger partial charge on any atom is 0.340 e. The molecule has 0 aromatic rings. The number of carbonyl (C=O) groups excluding carboxylic acids is 1. The zero-order valence-electron chi connectivity index (χ0n) is 9.01. The molecule has 1 rings (SSSR count). The maximum absolute atomic E-state index is 11.5. The van der Waals surface area contributed by atoms with Crippen LogP contribution in [-0.4, -0.2) is 32.0 Å². The summed E-state index contributed by atoms with van der Waals surface area (Å²) in [4.78, 5) is 11.5. The number of carbonyl (C=O) groups is 1. The average molecular weight is 202 g/mol. The molecule has 1 saturated heterocycles. The van der Waals surface area contributed by atoms with Gasteiger partial charge in [0.25, 0.3) is 0 Å². The van der Waals surface area contributed by atoms with Gasteiger partial charge in [0.15, 0.2) is 5.60 Å². The number of hydrogen-bond acceptors (Lipinski definition) is 3. The Morgan fingerprint density at radius 1 is 1.54 bits per heavy atom. The molecule has 0 aromatic heterocycles. The minimum absolute atomic E-state index is 0.124.